The van der Waals surface area contributed by atoms with Gasteiger partial charge in [0.25, 0.3) is 0 Å². The van der Waals surface area contributed by atoms with E-state index in [-0.39, 0.29) is 24.5 Å². The summed E-state index contributed by atoms with van der Waals surface area (Å²) in [7, 11) is 1.52. The van der Waals surface area contributed by atoms with Gasteiger partial charge in [-0.3, -0.25) is 14.5 Å². The Morgan fingerprint density at radius 3 is 2.85 bits per heavy atom. The van der Waals surface area contributed by atoms with Crippen molar-refractivity contribution < 1.29 is 19.1 Å². The van der Waals surface area contributed by atoms with Gasteiger partial charge >= 0.3 is 0 Å². The van der Waals surface area contributed by atoms with Crippen molar-refractivity contribution in [1.29, 1.82) is 0 Å². The molecular weight excluding hydrogens is 546 g/mol. The number of rotatable bonds is 10. The molecule has 210 valence electrons. The molecule has 4 heterocycles. The molecule has 1 fully saturated rings. The SMILES string of the molecule is COc1cc(N(C(=O)Cn2nnc3ccccc32)[C@@H](C(=O)NC[C@@H]2CCCO2)c2cccs2)ccc1-n1cnnn1. The molecule has 6 rings (SSSR count). The van der Waals surface area contributed by atoms with Crippen LogP contribution in [0.4, 0.5) is 5.69 Å². The number of tetrazole rings is 1. The normalized spacial score (nSPS) is 15.6. The summed E-state index contributed by atoms with van der Waals surface area (Å²) in [4.78, 5) is 30.3. The van der Waals surface area contributed by atoms with Crippen LogP contribution in [0.15, 0.2) is 66.3 Å². The van der Waals surface area contributed by atoms with Gasteiger partial charge in [-0.25, -0.2) is 4.68 Å². The summed E-state index contributed by atoms with van der Waals surface area (Å²) in [5.74, 6) is -0.254. The van der Waals surface area contributed by atoms with Gasteiger partial charge in [0, 0.05) is 29.8 Å². The van der Waals surface area contributed by atoms with E-state index in [1.807, 2.05) is 41.8 Å². The highest BCUT2D eigenvalue weighted by atomic mass is 32.1. The van der Waals surface area contributed by atoms with Crippen LogP contribution in [0.1, 0.15) is 23.8 Å². The number of hydrogen-bond acceptors (Lipinski definition) is 10. The van der Waals surface area contributed by atoms with Gasteiger partial charge in [-0.05, 0) is 59.0 Å². The molecule has 1 N–H and O–H groups in total. The first-order valence-corrected chi connectivity index (χ1v) is 13.9. The monoisotopic (exact) mass is 573 g/mol. The highest BCUT2D eigenvalue weighted by Crippen LogP contribution is 2.35. The molecule has 0 spiro atoms. The number of amides is 2. The average molecular weight is 574 g/mol. The van der Waals surface area contributed by atoms with Crippen molar-refractivity contribution in [3.8, 4) is 11.4 Å². The highest BCUT2D eigenvalue weighted by molar-refractivity contribution is 7.10. The predicted octanol–water partition coefficient (Wildman–Crippen LogP) is 2.55. The Morgan fingerprint density at radius 1 is 1.20 bits per heavy atom. The first-order valence-electron chi connectivity index (χ1n) is 13.1. The maximum atomic E-state index is 14.2. The third-order valence-electron chi connectivity index (χ3n) is 6.86. The maximum absolute atomic E-state index is 14.2. The van der Waals surface area contributed by atoms with Gasteiger partial charge in [-0.15, -0.1) is 21.5 Å². The molecule has 0 radical (unpaired) electrons. The lowest BCUT2D eigenvalue weighted by Crippen LogP contribution is -2.46. The standard InChI is InChI=1S/C27H27N9O4S/c1-39-23-14-18(10-11-22(23)35-17-29-31-33-35)36(25(37)16-34-21-8-3-2-7-20(21)30-32-34)26(24-9-5-13-41-24)27(38)28-15-19-6-4-12-40-19/h2-3,5,7-11,13-14,17,19,26H,4,6,12,15-16H2,1H3,(H,28,38)/t19-,26+/m0/s1. The molecule has 1 aliphatic rings. The molecule has 1 saturated heterocycles. The van der Waals surface area contributed by atoms with Gasteiger partial charge in [0.15, 0.2) is 0 Å². The molecule has 0 unspecified atom stereocenters. The van der Waals surface area contributed by atoms with Crippen molar-refractivity contribution in [2.45, 2.75) is 31.5 Å². The maximum Gasteiger partial charge on any atom is 0.249 e. The van der Waals surface area contributed by atoms with Crippen LogP contribution in [0.5, 0.6) is 5.75 Å². The van der Waals surface area contributed by atoms with E-state index < -0.39 is 6.04 Å². The van der Waals surface area contributed by atoms with Gasteiger partial charge < -0.3 is 14.8 Å². The molecule has 2 amide bonds. The zero-order valence-corrected chi connectivity index (χ0v) is 23.0. The molecule has 5 aromatic rings. The van der Waals surface area contributed by atoms with E-state index in [1.54, 1.807) is 18.2 Å². The van der Waals surface area contributed by atoms with Crippen molar-refractivity contribution in [2.75, 3.05) is 25.2 Å². The molecule has 0 bridgehead atoms. The minimum atomic E-state index is -0.956. The summed E-state index contributed by atoms with van der Waals surface area (Å²) in [5, 5.41) is 24.6. The Morgan fingerprint density at radius 2 is 2.10 bits per heavy atom. The second kappa shape index (κ2) is 11.8. The molecule has 0 saturated carbocycles. The Hall–Kier alpha value is -4.69. The second-order valence-electron chi connectivity index (χ2n) is 9.41. The van der Waals surface area contributed by atoms with E-state index in [9.17, 15) is 9.59 Å². The van der Waals surface area contributed by atoms with E-state index in [4.69, 9.17) is 9.47 Å². The van der Waals surface area contributed by atoms with E-state index in [1.165, 1.54) is 39.0 Å². The van der Waals surface area contributed by atoms with Crippen LogP contribution in [0.3, 0.4) is 0 Å². The topological polar surface area (TPSA) is 142 Å². The number of ether oxygens (including phenoxy) is 2. The van der Waals surface area contributed by atoms with Crippen molar-refractivity contribution in [3.05, 3.63) is 71.2 Å². The van der Waals surface area contributed by atoms with Crippen LogP contribution < -0.4 is 15.0 Å². The van der Waals surface area contributed by atoms with Crippen LogP contribution >= 0.6 is 11.3 Å². The lowest BCUT2D eigenvalue weighted by atomic mass is 10.1. The zero-order chi connectivity index (χ0) is 28.2. The number of para-hydroxylation sites is 1. The molecule has 2 aromatic carbocycles. The predicted molar refractivity (Wildman–Crippen MR) is 150 cm³/mol. The third-order valence-corrected chi connectivity index (χ3v) is 7.78. The molecule has 14 heteroatoms. The fraction of sp³-hybridized carbons (Fsp3) is 0.296. The fourth-order valence-electron chi connectivity index (χ4n) is 4.89. The smallest absolute Gasteiger partial charge is 0.249 e. The average Bonchev–Trinajstić information content (AvgIpc) is 3.83. The van der Waals surface area contributed by atoms with Crippen LogP contribution in [0.25, 0.3) is 16.7 Å². The number of benzene rings is 2. The zero-order valence-electron chi connectivity index (χ0n) is 22.2. The minimum absolute atomic E-state index is 0.0516. The molecule has 0 aliphatic carbocycles. The Labute approximate surface area is 238 Å². The lowest BCUT2D eigenvalue weighted by molar-refractivity contribution is -0.127. The molecule has 1 aliphatic heterocycles. The van der Waals surface area contributed by atoms with E-state index in [0.29, 0.717) is 46.2 Å². The first kappa shape index (κ1) is 26.5. The first-order chi connectivity index (χ1) is 20.1. The molecule has 3 aromatic heterocycles. The van der Waals surface area contributed by atoms with Crippen molar-refractivity contribution in [2.24, 2.45) is 0 Å². The number of aromatic nitrogens is 7. The van der Waals surface area contributed by atoms with Gasteiger partial charge in [0.1, 0.15) is 35.9 Å². The highest BCUT2D eigenvalue weighted by Gasteiger charge is 2.35. The Balaban J connectivity index is 1.40. The summed E-state index contributed by atoms with van der Waals surface area (Å²) in [6.45, 7) is 0.898. The van der Waals surface area contributed by atoms with Gasteiger partial charge in [0.2, 0.25) is 11.8 Å². The Bertz CT molecular complexity index is 1630. The number of hydrogen-bond donors (Lipinski definition) is 1. The fourth-order valence-corrected chi connectivity index (χ4v) is 5.70. The van der Waals surface area contributed by atoms with E-state index in [2.05, 4.69) is 31.2 Å². The number of nitrogens with one attached hydrogen (secondary N) is 1. The molecule has 13 nitrogen and oxygen atoms in total. The van der Waals surface area contributed by atoms with E-state index in [0.717, 1.165) is 12.8 Å². The van der Waals surface area contributed by atoms with Crippen molar-refractivity contribution in [1.82, 2.24) is 40.5 Å². The number of nitrogens with zero attached hydrogens (tertiary/aromatic N) is 8. The summed E-state index contributed by atoms with van der Waals surface area (Å²) >= 11 is 1.40. The minimum Gasteiger partial charge on any atom is -0.494 e. The van der Waals surface area contributed by atoms with Gasteiger partial charge in [-0.2, -0.15) is 4.68 Å². The number of anilines is 1. The van der Waals surface area contributed by atoms with Crippen LogP contribution in [0.2, 0.25) is 0 Å². The van der Waals surface area contributed by atoms with Crippen LogP contribution in [0, 0.1) is 0 Å². The Kier molecular flexibility index (Phi) is 7.65. The third kappa shape index (κ3) is 5.51. The van der Waals surface area contributed by atoms with Gasteiger partial charge in [0.05, 0.1) is 18.7 Å². The summed E-state index contributed by atoms with van der Waals surface area (Å²) in [6, 6.07) is 15.3. The number of methoxy groups -OCH3 is 1. The van der Waals surface area contributed by atoms with Crippen molar-refractivity contribution >= 4 is 39.9 Å². The molecular formula is C27H27N9O4S. The van der Waals surface area contributed by atoms with E-state index >= 15 is 0 Å². The molecule has 41 heavy (non-hydrogen) atoms. The number of carbonyl (C=O) groups excluding carboxylic acids is 2. The summed E-state index contributed by atoms with van der Waals surface area (Å²) < 4.78 is 14.4. The van der Waals surface area contributed by atoms with Crippen LogP contribution in [-0.2, 0) is 20.9 Å². The largest absolute Gasteiger partial charge is 0.494 e. The summed E-state index contributed by atoms with van der Waals surface area (Å²) in [6.07, 6.45) is 3.23. The number of carbonyl (C=O) groups is 2. The van der Waals surface area contributed by atoms with Crippen LogP contribution in [-0.4, -0.2) is 73.4 Å². The molecule has 2 atom stereocenters. The number of thiophene rings is 1. The second-order valence-corrected chi connectivity index (χ2v) is 10.4. The van der Waals surface area contributed by atoms with Gasteiger partial charge in [-0.1, -0.05) is 23.4 Å². The quantitative estimate of drug-likeness (QED) is 0.267. The number of fused-ring (bicyclic) bond motifs is 1. The summed E-state index contributed by atoms with van der Waals surface area (Å²) in [5.41, 5.74) is 2.41. The lowest BCUT2D eigenvalue weighted by Gasteiger charge is -2.31. The van der Waals surface area contributed by atoms with Crippen molar-refractivity contribution in [3.63, 3.8) is 0 Å².